The highest BCUT2D eigenvalue weighted by molar-refractivity contribution is 5.82. The Labute approximate surface area is 86.0 Å². The van der Waals surface area contributed by atoms with Crippen molar-refractivity contribution in [3.63, 3.8) is 0 Å². The number of carbonyl (C=O) groups is 1. The smallest absolute Gasteiger partial charge is 0.139 e. The second-order valence-corrected chi connectivity index (χ2v) is 4.56. The molecular formula is C12H20O2. The Hall–Kier alpha value is -0.630. The highest BCUT2D eigenvalue weighted by Crippen LogP contribution is 2.35. The maximum Gasteiger partial charge on any atom is 0.139 e. The summed E-state index contributed by atoms with van der Waals surface area (Å²) in [6.45, 7) is 7.53. The number of ketones is 1. The lowest BCUT2D eigenvalue weighted by Gasteiger charge is -2.34. The first-order chi connectivity index (χ1) is 6.56. The van der Waals surface area contributed by atoms with Gasteiger partial charge in [0.2, 0.25) is 0 Å². The van der Waals surface area contributed by atoms with Crippen LogP contribution in [0.4, 0.5) is 0 Å². The van der Waals surface area contributed by atoms with Crippen LogP contribution in [0, 0.1) is 17.8 Å². The summed E-state index contributed by atoms with van der Waals surface area (Å²) in [5.41, 5.74) is 0. The molecule has 2 unspecified atom stereocenters. The third-order valence-corrected chi connectivity index (χ3v) is 3.12. The largest absolute Gasteiger partial charge is 0.393 e. The van der Waals surface area contributed by atoms with Gasteiger partial charge >= 0.3 is 0 Å². The summed E-state index contributed by atoms with van der Waals surface area (Å²) in [4.78, 5) is 11.7. The molecule has 0 radical (unpaired) electrons. The first-order valence-corrected chi connectivity index (χ1v) is 5.38. The lowest BCUT2D eigenvalue weighted by Crippen LogP contribution is -2.38. The van der Waals surface area contributed by atoms with Crippen molar-refractivity contribution in [3.05, 3.63) is 12.7 Å². The quantitative estimate of drug-likeness (QED) is 0.702. The molecule has 2 nitrogen and oxygen atoms in total. The molecule has 0 aromatic rings. The van der Waals surface area contributed by atoms with Crippen molar-refractivity contribution < 1.29 is 9.90 Å². The van der Waals surface area contributed by atoms with Gasteiger partial charge in [0.1, 0.15) is 5.78 Å². The van der Waals surface area contributed by atoms with Gasteiger partial charge < -0.3 is 5.11 Å². The van der Waals surface area contributed by atoms with E-state index in [2.05, 4.69) is 13.5 Å². The lowest BCUT2D eigenvalue weighted by atomic mass is 9.70. The number of carbonyl (C=O) groups excluding carboxylic acids is 1. The first-order valence-electron chi connectivity index (χ1n) is 5.38. The highest BCUT2D eigenvalue weighted by atomic mass is 16.3. The van der Waals surface area contributed by atoms with Gasteiger partial charge in [0.05, 0.1) is 6.10 Å². The van der Waals surface area contributed by atoms with Gasteiger partial charge in [0.15, 0.2) is 0 Å². The van der Waals surface area contributed by atoms with Crippen molar-refractivity contribution in [3.8, 4) is 0 Å². The van der Waals surface area contributed by atoms with E-state index in [1.807, 2.05) is 6.08 Å². The molecule has 14 heavy (non-hydrogen) atoms. The fraction of sp³-hybridized carbons (Fsp3) is 0.750. The Bertz CT molecular complexity index is 220. The van der Waals surface area contributed by atoms with Crippen molar-refractivity contribution in [2.45, 2.75) is 39.2 Å². The monoisotopic (exact) mass is 196 g/mol. The third-order valence-electron chi connectivity index (χ3n) is 3.12. The molecule has 4 atom stereocenters. The number of hydrogen-bond acceptors (Lipinski definition) is 2. The minimum absolute atomic E-state index is 0.163. The standard InChI is InChI=1S/C12H20O2/c1-4-5-10-6-8(2)7-11(14)12(10)9(3)13/h4,8-10,12-13H,1,5-7H2,2-3H3/t8?,9?,10-,12-/m1/s1. The van der Waals surface area contributed by atoms with Crippen LogP contribution in [-0.2, 0) is 4.79 Å². The minimum Gasteiger partial charge on any atom is -0.393 e. The van der Waals surface area contributed by atoms with Crippen LogP contribution in [0.25, 0.3) is 0 Å². The van der Waals surface area contributed by atoms with Crippen molar-refractivity contribution in [2.75, 3.05) is 0 Å². The molecule has 1 rings (SSSR count). The predicted octanol–water partition coefficient (Wildman–Crippen LogP) is 2.17. The van der Waals surface area contributed by atoms with Gasteiger partial charge in [-0.15, -0.1) is 6.58 Å². The summed E-state index contributed by atoms with van der Waals surface area (Å²) in [6, 6.07) is 0. The molecule has 0 bridgehead atoms. The lowest BCUT2D eigenvalue weighted by molar-refractivity contribution is -0.132. The van der Waals surface area contributed by atoms with E-state index in [0.717, 1.165) is 12.8 Å². The predicted molar refractivity (Wildman–Crippen MR) is 56.9 cm³/mol. The van der Waals surface area contributed by atoms with Crippen LogP contribution < -0.4 is 0 Å². The van der Waals surface area contributed by atoms with Gasteiger partial charge in [-0.1, -0.05) is 13.0 Å². The number of hydrogen-bond donors (Lipinski definition) is 1. The number of aliphatic hydroxyl groups is 1. The second-order valence-electron chi connectivity index (χ2n) is 4.56. The summed E-state index contributed by atoms with van der Waals surface area (Å²) < 4.78 is 0. The molecule has 0 aromatic heterocycles. The van der Waals surface area contributed by atoms with E-state index in [1.54, 1.807) is 6.92 Å². The molecule has 0 aromatic carbocycles. The average molecular weight is 196 g/mol. The Morgan fingerprint density at radius 2 is 2.36 bits per heavy atom. The summed E-state index contributed by atoms with van der Waals surface area (Å²) in [6.07, 6.45) is 3.84. The molecule has 1 N–H and O–H groups in total. The maximum absolute atomic E-state index is 11.7. The topological polar surface area (TPSA) is 37.3 Å². The molecule has 1 fully saturated rings. The fourth-order valence-corrected chi connectivity index (χ4v) is 2.61. The van der Waals surface area contributed by atoms with Crippen LogP contribution >= 0.6 is 0 Å². The Kier molecular flexibility index (Phi) is 3.87. The summed E-state index contributed by atoms with van der Waals surface area (Å²) in [5, 5.41) is 9.58. The third kappa shape index (κ3) is 2.44. The fourth-order valence-electron chi connectivity index (χ4n) is 2.61. The normalized spacial score (nSPS) is 35.4. The molecule has 0 saturated heterocycles. The molecule has 1 aliphatic rings. The molecule has 0 spiro atoms. The second kappa shape index (κ2) is 4.74. The zero-order valence-electron chi connectivity index (χ0n) is 9.07. The molecule has 0 amide bonds. The summed E-state index contributed by atoms with van der Waals surface area (Å²) in [5.74, 6) is 0.820. The van der Waals surface area contributed by atoms with Crippen LogP contribution in [-0.4, -0.2) is 17.0 Å². The van der Waals surface area contributed by atoms with E-state index in [9.17, 15) is 9.90 Å². The summed E-state index contributed by atoms with van der Waals surface area (Å²) in [7, 11) is 0. The van der Waals surface area contributed by atoms with Gasteiger partial charge in [-0.25, -0.2) is 0 Å². The van der Waals surface area contributed by atoms with Gasteiger partial charge in [-0.2, -0.15) is 0 Å². The van der Waals surface area contributed by atoms with Crippen LogP contribution in [0.1, 0.15) is 33.1 Å². The number of allylic oxidation sites excluding steroid dienone is 1. The molecule has 80 valence electrons. The van der Waals surface area contributed by atoms with Crippen LogP contribution in [0.2, 0.25) is 0 Å². The number of rotatable bonds is 3. The van der Waals surface area contributed by atoms with Crippen molar-refractivity contribution in [1.29, 1.82) is 0 Å². The molecule has 0 heterocycles. The van der Waals surface area contributed by atoms with Gasteiger partial charge in [0, 0.05) is 12.3 Å². The Morgan fingerprint density at radius 3 is 2.86 bits per heavy atom. The summed E-state index contributed by atoms with van der Waals surface area (Å²) >= 11 is 0. The molecule has 2 heteroatoms. The SMILES string of the molecule is C=CC[C@@H]1CC(C)CC(=O)[C@@H]1C(C)O. The Balaban J connectivity index is 2.74. The van der Waals surface area contributed by atoms with E-state index in [1.165, 1.54) is 0 Å². The van der Waals surface area contributed by atoms with E-state index < -0.39 is 6.10 Å². The average Bonchev–Trinajstić information content (AvgIpc) is 2.01. The minimum atomic E-state index is -0.514. The van der Waals surface area contributed by atoms with E-state index in [4.69, 9.17) is 0 Å². The highest BCUT2D eigenvalue weighted by Gasteiger charge is 2.36. The zero-order chi connectivity index (χ0) is 10.7. The van der Waals surface area contributed by atoms with Crippen molar-refractivity contribution >= 4 is 5.78 Å². The molecular weight excluding hydrogens is 176 g/mol. The van der Waals surface area contributed by atoms with Crippen LogP contribution in [0.5, 0.6) is 0 Å². The molecule has 1 saturated carbocycles. The van der Waals surface area contributed by atoms with E-state index >= 15 is 0 Å². The zero-order valence-corrected chi connectivity index (χ0v) is 9.07. The molecule has 1 aliphatic carbocycles. The maximum atomic E-state index is 11.7. The van der Waals surface area contributed by atoms with E-state index in [0.29, 0.717) is 18.3 Å². The van der Waals surface area contributed by atoms with Crippen LogP contribution in [0.15, 0.2) is 12.7 Å². The van der Waals surface area contributed by atoms with Gasteiger partial charge in [-0.3, -0.25) is 4.79 Å². The Morgan fingerprint density at radius 1 is 1.71 bits per heavy atom. The van der Waals surface area contributed by atoms with E-state index in [-0.39, 0.29) is 11.7 Å². The van der Waals surface area contributed by atoms with Gasteiger partial charge in [0.25, 0.3) is 0 Å². The number of aliphatic hydroxyl groups excluding tert-OH is 1. The number of Topliss-reactive ketones (excluding diaryl/α,β-unsaturated/α-hetero) is 1. The van der Waals surface area contributed by atoms with Crippen LogP contribution in [0.3, 0.4) is 0 Å². The van der Waals surface area contributed by atoms with Gasteiger partial charge in [-0.05, 0) is 31.6 Å². The van der Waals surface area contributed by atoms with Crippen molar-refractivity contribution in [1.82, 2.24) is 0 Å². The molecule has 0 aliphatic heterocycles. The van der Waals surface area contributed by atoms with Crippen molar-refractivity contribution in [2.24, 2.45) is 17.8 Å². The first kappa shape index (κ1) is 11.4.